The van der Waals surface area contributed by atoms with Gasteiger partial charge in [-0.25, -0.2) is 4.99 Å². The lowest BCUT2D eigenvalue weighted by Gasteiger charge is -2.15. The maximum atomic E-state index is 5.03. The summed E-state index contributed by atoms with van der Waals surface area (Å²) >= 11 is 0. The summed E-state index contributed by atoms with van der Waals surface area (Å²) in [6.07, 6.45) is 9.31. The Morgan fingerprint density at radius 2 is 1.27 bits per heavy atom. The van der Waals surface area contributed by atoms with E-state index in [4.69, 9.17) is 4.99 Å². The van der Waals surface area contributed by atoms with E-state index in [1.807, 2.05) is 26.0 Å². The van der Waals surface area contributed by atoms with Gasteiger partial charge in [0, 0.05) is 27.6 Å². The minimum Gasteiger partial charge on any atom is -0.309 e. The van der Waals surface area contributed by atoms with E-state index in [1.165, 1.54) is 88.7 Å². The first kappa shape index (κ1) is 39.8. The highest BCUT2D eigenvalue weighted by Gasteiger charge is 2.23. The summed E-state index contributed by atoms with van der Waals surface area (Å²) in [5.74, 6) is 0. The number of nitrogens with zero attached hydrogens (tertiary/aromatic N) is 2. The van der Waals surface area contributed by atoms with Crippen molar-refractivity contribution >= 4 is 38.8 Å². The van der Waals surface area contributed by atoms with Gasteiger partial charge in [-0.05, 0) is 126 Å². The monoisotopic (exact) mass is 776 g/mol. The number of fused-ring (bicyclic) bond motifs is 6. The van der Waals surface area contributed by atoms with Crippen LogP contribution < -0.4 is 0 Å². The lowest BCUT2D eigenvalue weighted by molar-refractivity contribution is 1.18. The molecule has 1 heterocycles. The van der Waals surface area contributed by atoms with Gasteiger partial charge in [0.15, 0.2) is 0 Å². The van der Waals surface area contributed by atoms with Crippen LogP contribution in [0.15, 0.2) is 199 Å². The number of allylic oxidation sites excluding steroid dienone is 6. The normalized spacial score (nSPS) is 13.9. The predicted molar refractivity (Wildman–Crippen MR) is 260 cm³/mol. The van der Waals surface area contributed by atoms with E-state index in [-0.39, 0.29) is 0 Å². The fourth-order valence-electron chi connectivity index (χ4n) is 8.67. The van der Waals surface area contributed by atoms with Crippen LogP contribution >= 0.6 is 0 Å². The van der Waals surface area contributed by atoms with Crippen molar-refractivity contribution in [2.45, 2.75) is 48.0 Å². The third-order valence-electron chi connectivity index (χ3n) is 11.6. The molecule has 0 spiro atoms. The van der Waals surface area contributed by atoms with E-state index in [1.54, 1.807) is 0 Å². The molecule has 0 unspecified atom stereocenters. The number of para-hydroxylation sites is 2. The molecule has 0 bridgehead atoms. The van der Waals surface area contributed by atoms with Gasteiger partial charge < -0.3 is 4.57 Å². The summed E-state index contributed by atoms with van der Waals surface area (Å²) < 4.78 is 2.37. The lowest BCUT2D eigenvalue weighted by atomic mass is 9.94. The van der Waals surface area contributed by atoms with Crippen molar-refractivity contribution < 1.29 is 0 Å². The molecule has 2 aliphatic rings. The summed E-state index contributed by atoms with van der Waals surface area (Å²) in [5, 5.41) is 2.60. The number of aliphatic imine (C=N–C) groups is 1. The summed E-state index contributed by atoms with van der Waals surface area (Å²) in [4.78, 5) is 5.03. The minimum absolute atomic E-state index is 0.805. The second-order valence-corrected chi connectivity index (χ2v) is 15.4. The van der Waals surface area contributed by atoms with Crippen LogP contribution in [0.5, 0.6) is 0 Å². The zero-order valence-electron chi connectivity index (χ0n) is 35.6. The van der Waals surface area contributed by atoms with Crippen LogP contribution in [0.1, 0.15) is 59.7 Å². The van der Waals surface area contributed by atoms with E-state index >= 15 is 0 Å². The maximum absolute atomic E-state index is 5.03. The van der Waals surface area contributed by atoms with Gasteiger partial charge in [0.25, 0.3) is 0 Å². The molecule has 0 atom stereocenters. The Morgan fingerprint density at radius 1 is 0.567 bits per heavy atom. The van der Waals surface area contributed by atoms with Gasteiger partial charge in [-0.2, -0.15) is 0 Å². The van der Waals surface area contributed by atoms with Crippen LogP contribution in [0.4, 0.5) is 0 Å². The number of aryl methyl sites for hydroxylation is 3. The highest BCUT2D eigenvalue weighted by atomic mass is 15.0. The van der Waals surface area contributed by atoms with Crippen LogP contribution in [0.3, 0.4) is 0 Å². The molecule has 0 amide bonds. The second kappa shape index (κ2) is 17.4. The first-order valence-electron chi connectivity index (χ1n) is 21.1. The van der Waals surface area contributed by atoms with Crippen molar-refractivity contribution in [1.29, 1.82) is 0 Å². The predicted octanol–water partition coefficient (Wildman–Crippen LogP) is 15.7. The van der Waals surface area contributed by atoms with Crippen LogP contribution in [0.25, 0.3) is 61.0 Å². The van der Waals surface area contributed by atoms with E-state index in [0.717, 1.165) is 29.0 Å². The molecule has 0 radical (unpaired) electrons. The molecule has 0 N–H and O–H groups in total. The molecular weight excluding hydrogens is 725 g/mol. The van der Waals surface area contributed by atoms with Gasteiger partial charge in [-0.15, -0.1) is 0 Å². The number of benzene rings is 7. The summed E-state index contributed by atoms with van der Waals surface area (Å²) in [6, 6.07) is 56.4. The zero-order chi connectivity index (χ0) is 41.8. The van der Waals surface area contributed by atoms with Crippen molar-refractivity contribution in [3.63, 3.8) is 0 Å². The average Bonchev–Trinajstić information content (AvgIpc) is 3.82. The Bertz CT molecular complexity index is 3000. The Balaban J connectivity index is 0.000000161. The van der Waals surface area contributed by atoms with Gasteiger partial charge in [0.2, 0.25) is 0 Å². The van der Waals surface area contributed by atoms with Gasteiger partial charge >= 0.3 is 0 Å². The fraction of sp³-hybridized carbons (Fsp3) is 0.121. The second-order valence-electron chi connectivity index (χ2n) is 15.4. The van der Waals surface area contributed by atoms with Crippen molar-refractivity contribution in [2.24, 2.45) is 4.99 Å². The van der Waals surface area contributed by atoms with Gasteiger partial charge in [-0.1, -0.05) is 172 Å². The summed E-state index contributed by atoms with van der Waals surface area (Å²) in [5.41, 5.74) is 22.0. The summed E-state index contributed by atoms with van der Waals surface area (Å²) in [7, 11) is 0. The van der Waals surface area contributed by atoms with Crippen molar-refractivity contribution in [3.8, 4) is 27.9 Å². The molecule has 0 saturated carbocycles. The standard InChI is InChI=1S/C30H25N.C26H21N.C2H6/c1-20-16-17-24-19-25-12-9-14-27(30(25)28(24)18-20)22(3)31-29-15-8-7-13-26(29)21(2)23-10-5-4-6-11-23;1-18-10-6-7-13-21(18)23-17-24-22-14-8-9-15-25(22)27(26(24)16-19(23)2)20-11-4-3-5-12-20;1-2/h4-18H,3,19H2,1-2H3;3-17H,1-2H3;1-2H3/b26-21+,31-29?;;. The largest absolute Gasteiger partial charge is 0.309 e. The number of hydrogen-bond acceptors (Lipinski definition) is 1. The minimum atomic E-state index is 0.805. The molecule has 2 heteroatoms. The molecular formula is C58H52N2. The SMILES string of the molecule is C=C(N=C1C=CC=C/C1=C(/C)c1ccccc1)c1cccc2c1-c1cc(C)ccc1C2.CC.Cc1ccccc1-c1cc2c3ccccc3n(-c3ccccc3)c2cc1C. The number of hydrogen-bond donors (Lipinski definition) is 0. The topological polar surface area (TPSA) is 17.3 Å². The highest BCUT2D eigenvalue weighted by molar-refractivity contribution is 6.17. The average molecular weight is 777 g/mol. The Hall–Kier alpha value is -7.03. The molecule has 1 aromatic heterocycles. The highest BCUT2D eigenvalue weighted by Crippen LogP contribution is 2.42. The fourth-order valence-corrected chi connectivity index (χ4v) is 8.67. The third-order valence-corrected chi connectivity index (χ3v) is 11.6. The molecule has 2 aliphatic carbocycles. The molecule has 294 valence electrons. The maximum Gasteiger partial charge on any atom is 0.0712 e. The van der Waals surface area contributed by atoms with E-state index in [2.05, 4.69) is 209 Å². The molecule has 8 aromatic rings. The quantitative estimate of drug-likeness (QED) is 0.166. The molecule has 0 aliphatic heterocycles. The summed E-state index contributed by atoms with van der Waals surface area (Å²) in [6.45, 7) is 17.1. The lowest BCUT2D eigenvalue weighted by Crippen LogP contribution is -2.03. The molecule has 60 heavy (non-hydrogen) atoms. The van der Waals surface area contributed by atoms with Crippen molar-refractivity contribution in [3.05, 3.63) is 233 Å². The number of rotatable bonds is 5. The Labute approximate surface area is 355 Å². The first-order valence-corrected chi connectivity index (χ1v) is 21.1. The van der Waals surface area contributed by atoms with Crippen LogP contribution in [0.2, 0.25) is 0 Å². The van der Waals surface area contributed by atoms with E-state index < -0.39 is 0 Å². The Kier molecular flexibility index (Phi) is 11.6. The van der Waals surface area contributed by atoms with Crippen LogP contribution in [0, 0.1) is 20.8 Å². The van der Waals surface area contributed by atoms with Gasteiger partial charge in [0.1, 0.15) is 0 Å². The van der Waals surface area contributed by atoms with Crippen molar-refractivity contribution in [2.75, 3.05) is 0 Å². The molecule has 0 saturated heterocycles. The van der Waals surface area contributed by atoms with Crippen molar-refractivity contribution in [1.82, 2.24) is 4.57 Å². The van der Waals surface area contributed by atoms with Gasteiger partial charge in [0.05, 0.1) is 22.4 Å². The van der Waals surface area contributed by atoms with E-state index in [0.29, 0.717) is 0 Å². The number of aromatic nitrogens is 1. The first-order chi connectivity index (χ1) is 29.4. The van der Waals surface area contributed by atoms with Crippen LogP contribution in [-0.2, 0) is 6.42 Å². The Morgan fingerprint density at radius 3 is 2.05 bits per heavy atom. The third kappa shape index (κ3) is 7.65. The smallest absolute Gasteiger partial charge is 0.0712 e. The molecule has 2 nitrogen and oxygen atoms in total. The molecule has 0 fully saturated rings. The van der Waals surface area contributed by atoms with Gasteiger partial charge in [-0.3, -0.25) is 0 Å². The van der Waals surface area contributed by atoms with Crippen LogP contribution in [-0.4, -0.2) is 10.3 Å². The molecule has 7 aromatic carbocycles. The molecule has 10 rings (SSSR count). The van der Waals surface area contributed by atoms with E-state index in [9.17, 15) is 0 Å². The zero-order valence-corrected chi connectivity index (χ0v) is 35.6.